The van der Waals surface area contributed by atoms with E-state index >= 15 is 0 Å². The van der Waals surface area contributed by atoms with Crippen molar-refractivity contribution in [3.05, 3.63) is 81.4 Å². The van der Waals surface area contributed by atoms with Crippen molar-refractivity contribution < 1.29 is 14.5 Å². The SMILES string of the molecule is C=CCSC1=NN2C(=c3ccccc3=N[C@H]2c2cc([N+](=O)[O-])ccc2OCC)C(=O)N1. The molecule has 0 fully saturated rings. The van der Waals surface area contributed by atoms with Gasteiger partial charge in [0.05, 0.1) is 16.9 Å². The third kappa shape index (κ3) is 3.89. The number of hydrogen-bond acceptors (Lipinski definition) is 8. The lowest BCUT2D eigenvalue weighted by atomic mass is 10.1. The fraction of sp³-hybridized carbons (Fsp3) is 0.190. The van der Waals surface area contributed by atoms with Crippen LogP contribution >= 0.6 is 11.8 Å². The van der Waals surface area contributed by atoms with Gasteiger partial charge in [0, 0.05) is 28.7 Å². The number of fused-ring (bicyclic) bond motifs is 2. The van der Waals surface area contributed by atoms with E-state index in [1.54, 1.807) is 24.3 Å². The third-order valence-electron chi connectivity index (χ3n) is 4.64. The molecule has 1 atom stereocenters. The summed E-state index contributed by atoms with van der Waals surface area (Å²) >= 11 is 1.32. The number of benzene rings is 2. The highest BCUT2D eigenvalue weighted by molar-refractivity contribution is 8.14. The number of carbonyl (C=O) groups is 1. The topological polar surface area (TPSA) is 109 Å². The largest absolute Gasteiger partial charge is 0.493 e. The average Bonchev–Trinajstić information content (AvgIpc) is 2.77. The van der Waals surface area contributed by atoms with E-state index in [9.17, 15) is 14.9 Å². The lowest BCUT2D eigenvalue weighted by molar-refractivity contribution is -0.385. The molecular weight excluding hydrogens is 418 g/mol. The second-order valence-corrected chi connectivity index (χ2v) is 7.59. The number of hydrogen-bond donors (Lipinski definition) is 1. The van der Waals surface area contributed by atoms with Crippen LogP contribution in [0.15, 0.2) is 65.2 Å². The van der Waals surface area contributed by atoms with E-state index < -0.39 is 11.1 Å². The average molecular weight is 437 g/mol. The van der Waals surface area contributed by atoms with Gasteiger partial charge in [-0.25, -0.2) is 5.01 Å². The zero-order chi connectivity index (χ0) is 22.0. The standard InChI is InChI=1S/C21H19N5O4S/c1-3-11-31-21-23-20(27)18-14-7-5-6-8-16(14)22-19(25(18)24-21)15-12-13(26(28)29)9-10-17(15)30-4-2/h3,5-10,12,19H,1,4,11H2,2H3,(H,23,24,27)/t19-/m1/s1. The van der Waals surface area contributed by atoms with Gasteiger partial charge in [0.1, 0.15) is 11.4 Å². The van der Waals surface area contributed by atoms with Crippen LogP contribution in [0, 0.1) is 10.1 Å². The Kier molecular flexibility index (Phi) is 5.72. The van der Waals surface area contributed by atoms with E-state index in [2.05, 4.69) is 17.0 Å². The minimum Gasteiger partial charge on any atom is -0.493 e. The number of amides is 1. The van der Waals surface area contributed by atoms with Crippen molar-refractivity contribution in [2.75, 3.05) is 12.4 Å². The molecule has 1 amide bonds. The Bertz CT molecular complexity index is 1230. The first-order chi connectivity index (χ1) is 15.0. The highest BCUT2D eigenvalue weighted by Crippen LogP contribution is 2.37. The number of nitro groups is 1. The number of ether oxygens (including phenoxy) is 1. The number of nitrogens with zero attached hydrogens (tertiary/aromatic N) is 4. The van der Waals surface area contributed by atoms with Crippen LogP contribution in [0.5, 0.6) is 5.75 Å². The molecular formula is C21H19N5O4S. The number of para-hydroxylation sites is 1. The van der Waals surface area contributed by atoms with Crippen molar-refractivity contribution >= 4 is 34.2 Å². The molecule has 9 nitrogen and oxygen atoms in total. The molecule has 0 saturated heterocycles. The molecule has 10 heteroatoms. The summed E-state index contributed by atoms with van der Waals surface area (Å²) in [5.74, 6) is 0.682. The van der Waals surface area contributed by atoms with Gasteiger partial charge in [-0.05, 0) is 19.1 Å². The lowest BCUT2D eigenvalue weighted by Crippen LogP contribution is -2.50. The summed E-state index contributed by atoms with van der Waals surface area (Å²) in [5.41, 5.74) is 0.683. The van der Waals surface area contributed by atoms with Gasteiger partial charge in [0.15, 0.2) is 11.3 Å². The van der Waals surface area contributed by atoms with E-state index in [0.29, 0.717) is 45.1 Å². The molecule has 0 aliphatic carbocycles. The van der Waals surface area contributed by atoms with Crippen molar-refractivity contribution in [2.45, 2.75) is 13.1 Å². The Balaban J connectivity index is 1.95. The highest BCUT2D eigenvalue weighted by Gasteiger charge is 2.36. The zero-order valence-electron chi connectivity index (χ0n) is 16.6. The second-order valence-electron chi connectivity index (χ2n) is 6.58. The quantitative estimate of drug-likeness (QED) is 0.421. The molecule has 2 aliphatic heterocycles. The normalized spacial score (nSPS) is 17.0. The molecule has 2 aromatic carbocycles. The van der Waals surface area contributed by atoms with Gasteiger partial charge in [-0.3, -0.25) is 25.2 Å². The first-order valence-corrected chi connectivity index (χ1v) is 10.5. The van der Waals surface area contributed by atoms with Gasteiger partial charge in [0.25, 0.3) is 11.6 Å². The molecule has 0 aromatic heterocycles. The number of thioether (sulfide) groups is 1. The number of nitrogens with one attached hydrogen (secondary N) is 1. The monoisotopic (exact) mass is 437 g/mol. The predicted octanol–water partition coefficient (Wildman–Crippen LogP) is 2.06. The Morgan fingerprint density at radius 3 is 2.90 bits per heavy atom. The van der Waals surface area contributed by atoms with Crippen molar-refractivity contribution in [2.24, 2.45) is 10.1 Å². The summed E-state index contributed by atoms with van der Waals surface area (Å²) in [7, 11) is 0. The maximum atomic E-state index is 13.0. The molecule has 2 heterocycles. The van der Waals surface area contributed by atoms with Gasteiger partial charge in [-0.15, -0.1) is 11.7 Å². The molecule has 0 spiro atoms. The predicted molar refractivity (Wildman–Crippen MR) is 118 cm³/mol. The fourth-order valence-electron chi connectivity index (χ4n) is 3.37. The molecule has 1 N–H and O–H groups in total. The van der Waals surface area contributed by atoms with Gasteiger partial charge < -0.3 is 4.74 Å². The minimum atomic E-state index is -0.809. The number of amidine groups is 1. The minimum absolute atomic E-state index is 0.0965. The molecule has 0 saturated carbocycles. The van der Waals surface area contributed by atoms with Crippen molar-refractivity contribution in [3.8, 4) is 5.75 Å². The van der Waals surface area contributed by atoms with Crippen LogP contribution in [0.4, 0.5) is 5.69 Å². The van der Waals surface area contributed by atoms with Crippen LogP contribution in [0.25, 0.3) is 5.70 Å². The summed E-state index contributed by atoms with van der Waals surface area (Å²) in [6.45, 7) is 5.89. The Morgan fingerprint density at radius 1 is 1.35 bits per heavy atom. The van der Waals surface area contributed by atoms with Crippen LogP contribution in [0.2, 0.25) is 0 Å². The Hall–Kier alpha value is -3.66. The summed E-state index contributed by atoms with van der Waals surface area (Å²) < 4.78 is 5.73. The Labute approximate surface area is 182 Å². The first kappa shape index (κ1) is 20.6. The van der Waals surface area contributed by atoms with Gasteiger partial charge in [0.2, 0.25) is 0 Å². The molecule has 2 aliphatic rings. The molecule has 2 aromatic rings. The number of rotatable bonds is 6. The smallest absolute Gasteiger partial charge is 0.276 e. The number of non-ortho nitro benzene ring substituents is 1. The van der Waals surface area contributed by atoms with E-state index in [1.165, 1.54) is 28.9 Å². The molecule has 158 valence electrons. The van der Waals surface area contributed by atoms with Crippen molar-refractivity contribution in [1.29, 1.82) is 0 Å². The van der Waals surface area contributed by atoms with Crippen molar-refractivity contribution in [1.82, 2.24) is 10.3 Å². The van der Waals surface area contributed by atoms with Crippen LogP contribution < -0.4 is 20.6 Å². The maximum Gasteiger partial charge on any atom is 0.276 e. The zero-order valence-corrected chi connectivity index (χ0v) is 17.5. The summed E-state index contributed by atoms with van der Waals surface area (Å²) in [4.78, 5) is 28.8. The number of carbonyl (C=O) groups excluding carboxylic acids is 1. The molecule has 31 heavy (non-hydrogen) atoms. The molecule has 4 rings (SSSR count). The highest BCUT2D eigenvalue weighted by atomic mass is 32.2. The summed E-state index contributed by atoms with van der Waals surface area (Å²) in [5, 5.41) is 22.0. The molecule has 0 unspecified atom stereocenters. The van der Waals surface area contributed by atoms with E-state index in [1.807, 2.05) is 19.1 Å². The Morgan fingerprint density at radius 2 is 2.16 bits per heavy atom. The second kappa shape index (κ2) is 8.60. The van der Waals surface area contributed by atoms with Gasteiger partial charge >= 0.3 is 0 Å². The van der Waals surface area contributed by atoms with Crippen LogP contribution in [0.1, 0.15) is 18.7 Å². The molecule has 0 radical (unpaired) electrons. The van der Waals surface area contributed by atoms with E-state index in [4.69, 9.17) is 9.73 Å². The first-order valence-electron chi connectivity index (χ1n) is 9.54. The van der Waals surface area contributed by atoms with Crippen molar-refractivity contribution in [3.63, 3.8) is 0 Å². The van der Waals surface area contributed by atoms with Gasteiger partial charge in [-0.2, -0.15) is 0 Å². The molecule has 0 bridgehead atoms. The fourth-order valence-corrected chi connectivity index (χ4v) is 3.96. The van der Waals surface area contributed by atoms with Crippen LogP contribution in [-0.4, -0.2) is 33.4 Å². The summed E-state index contributed by atoms with van der Waals surface area (Å²) in [6, 6.07) is 11.6. The summed E-state index contributed by atoms with van der Waals surface area (Å²) in [6.07, 6.45) is 0.899. The van der Waals surface area contributed by atoms with Gasteiger partial charge in [-0.1, -0.05) is 36.0 Å². The maximum absolute atomic E-state index is 13.0. The third-order valence-corrected chi connectivity index (χ3v) is 5.50. The number of nitro benzene ring substituents is 1. The van der Waals surface area contributed by atoms with E-state index in [-0.39, 0.29) is 11.6 Å². The van der Waals surface area contributed by atoms with Crippen LogP contribution in [0.3, 0.4) is 0 Å². The number of hydrazone groups is 1. The van der Waals surface area contributed by atoms with E-state index in [0.717, 1.165) is 0 Å². The van der Waals surface area contributed by atoms with Crippen LogP contribution in [-0.2, 0) is 4.79 Å². The lowest BCUT2D eigenvalue weighted by Gasteiger charge is -2.34.